The molecule has 0 unspecified atom stereocenters. The fourth-order valence-corrected chi connectivity index (χ4v) is 5.61. The van der Waals surface area contributed by atoms with Gasteiger partial charge in [0.2, 0.25) is 0 Å². The third kappa shape index (κ3) is 4.45. The molecular weight excluding hydrogens is 439 g/mol. The first-order chi connectivity index (χ1) is 15.9. The summed E-state index contributed by atoms with van der Waals surface area (Å²) >= 11 is 0. The highest BCUT2D eigenvalue weighted by Gasteiger charge is 2.40. The summed E-state index contributed by atoms with van der Waals surface area (Å²) in [5, 5.41) is 2.74. The molecule has 0 aromatic heterocycles. The van der Waals surface area contributed by atoms with E-state index in [4.69, 9.17) is 0 Å². The van der Waals surface area contributed by atoms with E-state index in [1.807, 2.05) is 18.2 Å². The molecule has 0 bridgehead atoms. The Hall–Kier alpha value is -3.71. The number of sulfonamides is 1. The van der Waals surface area contributed by atoms with Gasteiger partial charge in [0.1, 0.15) is 5.82 Å². The fourth-order valence-electron chi connectivity index (χ4n) is 3.88. The molecule has 1 N–H and O–H groups in total. The third-order valence-electron chi connectivity index (χ3n) is 5.39. The molecule has 0 radical (unpaired) electrons. The minimum Gasteiger partial charge on any atom is -0.351 e. The number of carbonyl (C=O) groups is 1. The lowest BCUT2D eigenvalue weighted by molar-refractivity contribution is -0.116. The summed E-state index contributed by atoms with van der Waals surface area (Å²) in [6, 6.07) is 22.1. The predicted molar refractivity (Wildman–Crippen MR) is 128 cm³/mol. The topological polar surface area (TPSA) is 66.5 Å². The van der Waals surface area contributed by atoms with Crippen LogP contribution in [0.25, 0.3) is 5.57 Å². The van der Waals surface area contributed by atoms with Gasteiger partial charge < -0.3 is 5.32 Å². The summed E-state index contributed by atoms with van der Waals surface area (Å²) in [5.41, 5.74) is 2.99. The first kappa shape index (κ1) is 22.5. The molecule has 0 fully saturated rings. The number of para-hydroxylation sites is 1. The average molecular weight is 463 g/mol. The quantitative estimate of drug-likeness (QED) is 0.533. The van der Waals surface area contributed by atoms with Gasteiger partial charge in [-0.2, -0.15) is 0 Å². The molecule has 4 rings (SSSR count). The van der Waals surface area contributed by atoms with Crippen molar-refractivity contribution in [2.45, 2.75) is 6.42 Å². The van der Waals surface area contributed by atoms with Crippen molar-refractivity contribution in [3.05, 3.63) is 119 Å². The maximum atomic E-state index is 13.7. The lowest BCUT2D eigenvalue weighted by Crippen LogP contribution is -2.42. The first-order valence-electron chi connectivity index (χ1n) is 10.5. The Morgan fingerprint density at radius 1 is 0.970 bits per heavy atom. The zero-order chi connectivity index (χ0) is 23.4. The zero-order valence-corrected chi connectivity index (χ0v) is 18.7. The number of amides is 1. The summed E-state index contributed by atoms with van der Waals surface area (Å²) in [6.07, 6.45) is 1.93. The molecule has 168 valence electrons. The lowest BCUT2D eigenvalue weighted by Gasteiger charge is -2.32. The van der Waals surface area contributed by atoms with E-state index in [1.165, 1.54) is 22.5 Å². The number of hydrogen-bond acceptors (Lipinski definition) is 3. The summed E-state index contributed by atoms with van der Waals surface area (Å²) < 4.78 is 41.7. The Morgan fingerprint density at radius 3 is 2.33 bits per heavy atom. The van der Waals surface area contributed by atoms with E-state index in [-0.39, 0.29) is 23.8 Å². The van der Waals surface area contributed by atoms with Crippen LogP contribution in [0.4, 0.5) is 10.1 Å². The highest BCUT2D eigenvalue weighted by molar-refractivity contribution is 7.97. The molecule has 0 atom stereocenters. The van der Waals surface area contributed by atoms with Crippen LogP contribution in [-0.2, 0) is 21.2 Å². The lowest BCUT2D eigenvalue weighted by atomic mass is 9.95. The highest BCUT2D eigenvalue weighted by atomic mass is 32.2. The summed E-state index contributed by atoms with van der Waals surface area (Å²) in [6.45, 7) is 3.92. The summed E-state index contributed by atoms with van der Waals surface area (Å²) in [5.74, 6) is -1.02. The van der Waals surface area contributed by atoms with Crippen LogP contribution in [0.1, 0.15) is 16.7 Å². The normalized spacial score (nSPS) is 14.5. The predicted octanol–water partition coefficient (Wildman–Crippen LogP) is 4.28. The van der Waals surface area contributed by atoms with E-state index < -0.39 is 15.9 Å². The van der Waals surface area contributed by atoms with E-state index in [0.717, 1.165) is 5.56 Å². The van der Waals surface area contributed by atoms with E-state index >= 15 is 0 Å². The average Bonchev–Trinajstić information content (AvgIpc) is 2.82. The monoisotopic (exact) mass is 462 g/mol. The summed E-state index contributed by atoms with van der Waals surface area (Å²) in [7, 11) is -4.16. The maximum absolute atomic E-state index is 13.7. The van der Waals surface area contributed by atoms with Crippen molar-refractivity contribution in [1.82, 2.24) is 5.32 Å². The largest absolute Gasteiger partial charge is 0.351 e. The Labute approximate surface area is 192 Å². The van der Waals surface area contributed by atoms with Crippen molar-refractivity contribution < 1.29 is 17.6 Å². The van der Waals surface area contributed by atoms with Crippen LogP contribution in [0.5, 0.6) is 0 Å². The minimum atomic E-state index is -4.16. The molecule has 0 aliphatic carbocycles. The minimum absolute atomic E-state index is 0.0355. The number of rotatable bonds is 7. The Balaban J connectivity index is 1.78. The van der Waals surface area contributed by atoms with Gasteiger partial charge in [-0.05, 0) is 35.7 Å². The van der Waals surface area contributed by atoms with Gasteiger partial charge in [-0.25, -0.2) is 12.8 Å². The number of nitrogens with one attached hydrogen (secondary N) is 1. The highest BCUT2D eigenvalue weighted by Crippen LogP contribution is 2.42. The van der Waals surface area contributed by atoms with Crippen molar-refractivity contribution in [2.75, 3.05) is 17.4 Å². The zero-order valence-electron chi connectivity index (χ0n) is 17.9. The van der Waals surface area contributed by atoms with E-state index in [9.17, 15) is 17.6 Å². The smallest absolute Gasteiger partial charge is 0.270 e. The van der Waals surface area contributed by atoms with Gasteiger partial charge in [-0.1, -0.05) is 66.7 Å². The number of benzene rings is 3. The second-order valence-corrected chi connectivity index (χ2v) is 9.34. The van der Waals surface area contributed by atoms with Crippen LogP contribution in [0.2, 0.25) is 0 Å². The molecule has 1 aliphatic heterocycles. The van der Waals surface area contributed by atoms with Gasteiger partial charge in [-0.3, -0.25) is 9.10 Å². The fraction of sp³-hybridized carbons (Fsp3) is 0.115. The molecule has 0 saturated heterocycles. The number of fused-ring (bicyclic) bond motifs is 1. The molecule has 3 aromatic rings. The number of anilines is 1. The Kier molecular flexibility index (Phi) is 6.42. The van der Waals surface area contributed by atoms with Gasteiger partial charge in [0.25, 0.3) is 15.9 Å². The van der Waals surface area contributed by atoms with Gasteiger partial charge in [0.15, 0.2) is 4.91 Å². The second-order valence-electron chi connectivity index (χ2n) is 7.54. The van der Waals surface area contributed by atoms with Crippen molar-refractivity contribution in [1.29, 1.82) is 0 Å². The van der Waals surface area contributed by atoms with Crippen LogP contribution in [0, 0.1) is 5.82 Å². The first-order valence-corrected chi connectivity index (χ1v) is 11.9. The van der Waals surface area contributed by atoms with Gasteiger partial charge in [0.05, 0.1) is 12.2 Å². The standard InChI is InChI=1S/C26H23FN2O3S/c1-2-18-29-23-11-7-6-10-22(23)24(20-8-4-3-5-9-20)25(33(29,31)32)26(30)28-17-16-19-12-14-21(27)15-13-19/h2-15H,1,16-18H2,(H,28,30). The molecule has 1 aliphatic rings. The Bertz CT molecular complexity index is 1320. The van der Waals surface area contributed by atoms with Crippen molar-refractivity contribution in [3.8, 4) is 0 Å². The van der Waals surface area contributed by atoms with Crippen molar-refractivity contribution in [3.63, 3.8) is 0 Å². The van der Waals surface area contributed by atoms with Crippen molar-refractivity contribution >= 4 is 27.2 Å². The van der Waals surface area contributed by atoms with Gasteiger partial charge in [0, 0.05) is 17.7 Å². The van der Waals surface area contributed by atoms with Crippen LogP contribution >= 0.6 is 0 Å². The molecule has 0 saturated carbocycles. The van der Waals surface area contributed by atoms with Crippen molar-refractivity contribution in [2.24, 2.45) is 0 Å². The number of halogens is 1. The van der Waals surface area contributed by atoms with Crippen LogP contribution in [-0.4, -0.2) is 27.4 Å². The van der Waals surface area contributed by atoms with Crippen LogP contribution in [0.3, 0.4) is 0 Å². The molecule has 3 aromatic carbocycles. The second kappa shape index (κ2) is 9.42. The molecule has 5 nitrogen and oxygen atoms in total. The number of carbonyl (C=O) groups excluding carboxylic acids is 1. The number of hydrogen-bond donors (Lipinski definition) is 1. The molecule has 1 amide bonds. The van der Waals surface area contributed by atoms with E-state index in [0.29, 0.717) is 28.8 Å². The summed E-state index contributed by atoms with van der Waals surface area (Å²) in [4.78, 5) is 13.0. The van der Waals surface area contributed by atoms with E-state index in [2.05, 4.69) is 11.9 Å². The molecule has 7 heteroatoms. The van der Waals surface area contributed by atoms with E-state index in [1.54, 1.807) is 48.5 Å². The van der Waals surface area contributed by atoms with Crippen LogP contribution in [0.15, 0.2) is 96.4 Å². The molecular formula is C26H23FN2O3S. The van der Waals surface area contributed by atoms with Crippen LogP contribution < -0.4 is 9.62 Å². The third-order valence-corrected chi connectivity index (χ3v) is 7.22. The maximum Gasteiger partial charge on any atom is 0.270 e. The SMILES string of the molecule is C=CCN1c2ccccc2C(c2ccccc2)=C(C(=O)NCCc2ccc(F)cc2)S1(=O)=O. The van der Waals surface area contributed by atoms with Gasteiger partial charge >= 0.3 is 0 Å². The van der Waals surface area contributed by atoms with Gasteiger partial charge in [-0.15, -0.1) is 6.58 Å². The number of nitrogens with zero attached hydrogens (tertiary/aromatic N) is 1. The Morgan fingerprint density at radius 2 is 1.64 bits per heavy atom. The molecule has 1 heterocycles. The molecule has 33 heavy (non-hydrogen) atoms. The molecule has 0 spiro atoms.